The van der Waals surface area contributed by atoms with Crippen LogP contribution in [0.5, 0.6) is 5.75 Å². The normalized spacial score (nSPS) is 10.6. The number of amides is 2. The lowest BCUT2D eigenvalue weighted by Crippen LogP contribution is -2.30. The van der Waals surface area contributed by atoms with Crippen LogP contribution >= 0.6 is 0 Å². The lowest BCUT2D eigenvalue weighted by atomic mass is 10.0. The van der Waals surface area contributed by atoms with Crippen molar-refractivity contribution in [3.63, 3.8) is 0 Å². The molecule has 2 aromatic rings. The first-order valence-corrected chi connectivity index (χ1v) is 9.58. The molecular formula is C22H29N3O3. The molecule has 2 amide bonds. The van der Waals surface area contributed by atoms with Crippen molar-refractivity contribution >= 4 is 11.8 Å². The predicted molar refractivity (Wildman–Crippen MR) is 111 cm³/mol. The zero-order valence-corrected chi connectivity index (χ0v) is 16.5. The van der Waals surface area contributed by atoms with Gasteiger partial charge in [0.05, 0.1) is 0 Å². The molecule has 0 unspecified atom stereocenters. The van der Waals surface area contributed by atoms with E-state index in [0.29, 0.717) is 36.9 Å². The summed E-state index contributed by atoms with van der Waals surface area (Å²) in [7, 11) is 0. The van der Waals surface area contributed by atoms with Crippen molar-refractivity contribution in [3.05, 3.63) is 54.1 Å². The highest BCUT2D eigenvalue weighted by atomic mass is 16.5. The maximum Gasteiger partial charge on any atom is 0.257 e. The molecular weight excluding hydrogens is 354 g/mol. The second kappa shape index (κ2) is 11.1. The molecule has 0 aromatic heterocycles. The predicted octanol–water partition coefficient (Wildman–Crippen LogP) is 2.58. The average molecular weight is 383 g/mol. The summed E-state index contributed by atoms with van der Waals surface area (Å²) in [6.07, 6.45) is 0.948. The molecule has 0 aliphatic carbocycles. The summed E-state index contributed by atoms with van der Waals surface area (Å²) in [4.78, 5) is 23.9. The van der Waals surface area contributed by atoms with Crippen molar-refractivity contribution in [3.8, 4) is 16.9 Å². The molecule has 2 rings (SSSR count). The zero-order chi connectivity index (χ0) is 20.4. The first-order valence-electron chi connectivity index (χ1n) is 9.58. The van der Waals surface area contributed by atoms with Crippen LogP contribution in [0.15, 0.2) is 48.5 Å². The maximum absolute atomic E-state index is 12.1. The van der Waals surface area contributed by atoms with Crippen molar-refractivity contribution in [2.45, 2.75) is 20.3 Å². The van der Waals surface area contributed by atoms with Gasteiger partial charge >= 0.3 is 0 Å². The van der Waals surface area contributed by atoms with Crippen molar-refractivity contribution in [1.29, 1.82) is 0 Å². The van der Waals surface area contributed by atoms with Crippen LogP contribution in [0.4, 0.5) is 0 Å². The largest absolute Gasteiger partial charge is 0.484 e. The third kappa shape index (κ3) is 7.04. The second-order valence-corrected chi connectivity index (χ2v) is 6.97. The highest BCUT2D eigenvalue weighted by molar-refractivity contribution is 5.95. The van der Waals surface area contributed by atoms with E-state index in [1.54, 1.807) is 6.07 Å². The molecule has 0 atom stereocenters. The number of benzene rings is 2. The molecule has 0 saturated carbocycles. The third-order valence-corrected chi connectivity index (χ3v) is 4.16. The first-order chi connectivity index (χ1) is 13.5. The lowest BCUT2D eigenvalue weighted by Gasteiger charge is -2.10. The third-order valence-electron chi connectivity index (χ3n) is 4.16. The first kappa shape index (κ1) is 21.4. The Morgan fingerprint density at radius 3 is 2.43 bits per heavy atom. The minimum atomic E-state index is -0.143. The quantitative estimate of drug-likeness (QED) is 0.588. The molecule has 6 nitrogen and oxygen atoms in total. The molecule has 0 fully saturated rings. The summed E-state index contributed by atoms with van der Waals surface area (Å²) >= 11 is 0. The van der Waals surface area contributed by atoms with E-state index in [1.165, 1.54) is 0 Å². The van der Waals surface area contributed by atoms with Gasteiger partial charge in [-0.05, 0) is 47.7 Å². The number of nitrogens with two attached hydrogens (primary N) is 1. The Hall–Kier alpha value is -2.86. The summed E-state index contributed by atoms with van der Waals surface area (Å²) in [5.41, 5.74) is 7.89. The molecule has 0 aliphatic heterocycles. The molecule has 0 aliphatic rings. The van der Waals surface area contributed by atoms with Gasteiger partial charge in [0.2, 0.25) is 0 Å². The second-order valence-electron chi connectivity index (χ2n) is 6.97. The van der Waals surface area contributed by atoms with Crippen molar-refractivity contribution in [2.24, 2.45) is 11.7 Å². The van der Waals surface area contributed by atoms with Gasteiger partial charge in [-0.3, -0.25) is 9.59 Å². The Labute approximate surface area is 166 Å². The molecule has 0 radical (unpaired) electrons. The van der Waals surface area contributed by atoms with E-state index in [4.69, 9.17) is 10.5 Å². The molecule has 0 bridgehead atoms. The number of ether oxygens (including phenoxy) is 1. The SMILES string of the molecule is CC(C)CCNC(=O)COc1ccc(-c2cccc(C(=O)NCCN)c2)cc1. The van der Waals surface area contributed by atoms with E-state index in [0.717, 1.165) is 17.5 Å². The number of rotatable bonds is 10. The minimum absolute atomic E-state index is 0.00571. The van der Waals surface area contributed by atoms with Crippen molar-refractivity contribution < 1.29 is 14.3 Å². The molecule has 6 heteroatoms. The van der Waals surface area contributed by atoms with Crippen LogP contribution in [-0.4, -0.2) is 38.1 Å². The Balaban J connectivity index is 1.92. The molecule has 4 N–H and O–H groups in total. The van der Waals surface area contributed by atoms with Gasteiger partial charge in [-0.1, -0.05) is 38.1 Å². The highest BCUT2D eigenvalue weighted by Gasteiger charge is 2.07. The molecule has 28 heavy (non-hydrogen) atoms. The van der Waals surface area contributed by atoms with E-state index in [9.17, 15) is 9.59 Å². The van der Waals surface area contributed by atoms with Crippen LogP contribution in [0.1, 0.15) is 30.6 Å². The van der Waals surface area contributed by atoms with Gasteiger partial charge in [0, 0.05) is 25.2 Å². The van der Waals surface area contributed by atoms with E-state index in [2.05, 4.69) is 24.5 Å². The van der Waals surface area contributed by atoms with Crippen LogP contribution in [0.25, 0.3) is 11.1 Å². The van der Waals surface area contributed by atoms with Gasteiger partial charge in [-0.25, -0.2) is 0 Å². The summed E-state index contributed by atoms with van der Waals surface area (Å²) in [6, 6.07) is 14.8. The smallest absolute Gasteiger partial charge is 0.257 e. The topological polar surface area (TPSA) is 93.4 Å². The van der Waals surface area contributed by atoms with Crippen LogP contribution in [-0.2, 0) is 4.79 Å². The monoisotopic (exact) mass is 383 g/mol. The highest BCUT2D eigenvalue weighted by Crippen LogP contribution is 2.23. The fourth-order valence-electron chi connectivity index (χ4n) is 2.57. The molecule has 0 heterocycles. The number of carbonyl (C=O) groups excluding carboxylic acids is 2. The molecule has 0 saturated heterocycles. The van der Waals surface area contributed by atoms with Crippen LogP contribution in [0.2, 0.25) is 0 Å². The Morgan fingerprint density at radius 2 is 1.75 bits per heavy atom. The fourth-order valence-corrected chi connectivity index (χ4v) is 2.57. The van der Waals surface area contributed by atoms with Gasteiger partial charge in [0.15, 0.2) is 6.61 Å². The Kier molecular flexibility index (Phi) is 8.49. The van der Waals surface area contributed by atoms with Crippen molar-refractivity contribution in [2.75, 3.05) is 26.2 Å². The lowest BCUT2D eigenvalue weighted by molar-refractivity contribution is -0.123. The number of carbonyl (C=O) groups is 2. The van der Waals surface area contributed by atoms with Crippen molar-refractivity contribution in [1.82, 2.24) is 10.6 Å². The Bertz CT molecular complexity index is 773. The van der Waals surface area contributed by atoms with Gasteiger partial charge in [0.1, 0.15) is 5.75 Å². The maximum atomic E-state index is 12.1. The molecule has 2 aromatic carbocycles. The number of nitrogens with one attached hydrogen (secondary N) is 2. The van der Waals surface area contributed by atoms with E-state index >= 15 is 0 Å². The van der Waals surface area contributed by atoms with E-state index in [-0.39, 0.29) is 18.4 Å². The van der Waals surface area contributed by atoms with Crippen LogP contribution in [0, 0.1) is 5.92 Å². The fraction of sp³-hybridized carbons (Fsp3) is 0.364. The molecule has 0 spiro atoms. The summed E-state index contributed by atoms with van der Waals surface area (Å²) in [6.45, 7) is 5.74. The Morgan fingerprint density at radius 1 is 1.00 bits per heavy atom. The summed E-state index contributed by atoms with van der Waals surface area (Å²) in [5.74, 6) is 0.912. The van der Waals surface area contributed by atoms with E-state index in [1.807, 2.05) is 42.5 Å². The summed E-state index contributed by atoms with van der Waals surface area (Å²) < 4.78 is 5.53. The van der Waals surface area contributed by atoms with E-state index < -0.39 is 0 Å². The molecule has 150 valence electrons. The van der Waals surface area contributed by atoms with Gasteiger partial charge in [0.25, 0.3) is 11.8 Å². The number of hydrogen-bond donors (Lipinski definition) is 3. The van der Waals surface area contributed by atoms with Gasteiger partial charge < -0.3 is 21.1 Å². The average Bonchev–Trinajstić information content (AvgIpc) is 2.70. The number of hydrogen-bond acceptors (Lipinski definition) is 4. The van der Waals surface area contributed by atoms with Crippen LogP contribution < -0.4 is 21.1 Å². The standard InChI is InChI=1S/C22H29N3O3/c1-16(2)10-12-24-21(26)15-28-20-8-6-17(7-9-20)18-4-3-5-19(14-18)22(27)25-13-11-23/h3-9,14,16H,10-13,15,23H2,1-2H3,(H,24,26)(H,25,27). The van der Waals surface area contributed by atoms with Gasteiger partial charge in [-0.15, -0.1) is 0 Å². The zero-order valence-electron chi connectivity index (χ0n) is 16.5. The minimum Gasteiger partial charge on any atom is -0.484 e. The van der Waals surface area contributed by atoms with Gasteiger partial charge in [-0.2, -0.15) is 0 Å². The summed E-state index contributed by atoms with van der Waals surface area (Å²) in [5, 5.41) is 5.61. The van der Waals surface area contributed by atoms with Crippen LogP contribution in [0.3, 0.4) is 0 Å².